The molecule has 1 aliphatic heterocycles. The van der Waals surface area contributed by atoms with Crippen LogP contribution in [0.4, 0.5) is 23.1 Å². The molecule has 0 saturated heterocycles. The molecule has 1 aromatic carbocycles. The van der Waals surface area contributed by atoms with E-state index in [0.29, 0.717) is 18.5 Å². The minimum Gasteiger partial charge on any atom is -0.478 e. The van der Waals surface area contributed by atoms with Crippen LogP contribution in [-0.4, -0.2) is 46.6 Å². The first kappa shape index (κ1) is 20.1. The van der Waals surface area contributed by atoms with Crippen molar-refractivity contribution in [1.29, 1.82) is 0 Å². The maximum Gasteiger partial charge on any atom is 0.335 e. The summed E-state index contributed by atoms with van der Waals surface area (Å²) in [5.74, 6) is 0.200. The van der Waals surface area contributed by atoms with E-state index in [1.807, 2.05) is 13.8 Å². The Bertz CT molecular complexity index is 987. The topological polar surface area (TPSA) is 98.7 Å². The van der Waals surface area contributed by atoms with Crippen LogP contribution in [0.3, 0.4) is 0 Å². The average Bonchev–Trinajstić information content (AvgIpc) is 3.24. The number of hydrogen-bond acceptors (Lipinski definition) is 6. The molecular formula is C22H27N5O3. The van der Waals surface area contributed by atoms with Crippen molar-refractivity contribution >= 4 is 35.0 Å². The maximum atomic E-state index is 12.8. The zero-order chi connectivity index (χ0) is 21.4. The Morgan fingerprint density at radius 3 is 2.67 bits per heavy atom. The van der Waals surface area contributed by atoms with Crippen molar-refractivity contribution < 1.29 is 14.7 Å². The zero-order valence-corrected chi connectivity index (χ0v) is 17.6. The molecule has 0 spiro atoms. The number of anilines is 4. The number of carbonyl (C=O) groups is 2. The maximum absolute atomic E-state index is 12.8. The van der Waals surface area contributed by atoms with E-state index in [4.69, 9.17) is 10.1 Å². The molecule has 2 aliphatic rings. The van der Waals surface area contributed by atoms with Gasteiger partial charge in [-0.25, -0.2) is 9.78 Å². The molecule has 1 fully saturated rings. The van der Waals surface area contributed by atoms with Gasteiger partial charge in [-0.1, -0.05) is 19.8 Å². The first-order chi connectivity index (χ1) is 14.3. The second-order valence-corrected chi connectivity index (χ2v) is 8.25. The lowest BCUT2D eigenvalue weighted by Gasteiger charge is -2.31. The lowest BCUT2D eigenvalue weighted by atomic mass is 10.1. The van der Waals surface area contributed by atoms with E-state index in [1.54, 1.807) is 36.3 Å². The summed E-state index contributed by atoms with van der Waals surface area (Å²) in [5, 5.41) is 12.4. The van der Waals surface area contributed by atoms with Crippen LogP contribution in [0, 0.1) is 12.8 Å². The molecule has 2 aromatic rings. The molecule has 1 amide bonds. The Balaban J connectivity index is 1.70. The molecule has 0 bridgehead atoms. The molecule has 8 heteroatoms. The van der Waals surface area contributed by atoms with Gasteiger partial charge in [-0.3, -0.25) is 4.79 Å². The van der Waals surface area contributed by atoms with E-state index < -0.39 is 5.97 Å². The number of aromatic carboxylic acids is 1. The Labute approximate surface area is 175 Å². The number of rotatable bonds is 4. The number of carboxylic acids is 1. The second kappa shape index (κ2) is 7.93. The summed E-state index contributed by atoms with van der Waals surface area (Å²) in [5.41, 5.74) is 2.50. The molecule has 1 unspecified atom stereocenters. The van der Waals surface area contributed by atoms with E-state index in [9.17, 15) is 9.59 Å². The molecule has 8 nitrogen and oxygen atoms in total. The van der Waals surface area contributed by atoms with Gasteiger partial charge in [-0.05, 0) is 43.5 Å². The quantitative estimate of drug-likeness (QED) is 0.796. The summed E-state index contributed by atoms with van der Waals surface area (Å²) in [4.78, 5) is 37.1. The van der Waals surface area contributed by atoms with Crippen LogP contribution in [0.1, 0.15) is 48.5 Å². The van der Waals surface area contributed by atoms with Gasteiger partial charge < -0.3 is 20.2 Å². The van der Waals surface area contributed by atoms with Gasteiger partial charge in [-0.15, -0.1) is 0 Å². The average molecular weight is 409 g/mol. The van der Waals surface area contributed by atoms with Gasteiger partial charge in [0.2, 0.25) is 11.9 Å². The van der Waals surface area contributed by atoms with Crippen LogP contribution in [0.2, 0.25) is 0 Å². The van der Waals surface area contributed by atoms with Gasteiger partial charge in [0.25, 0.3) is 0 Å². The minimum atomic E-state index is -0.958. The minimum absolute atomic E-state index is 0.0705. The summed E-state index contributed by atoms with van der Waals surface area (Å²) in [6.07, 6.45) is 6.29. The van der Waals surface area contributed by atoms with E-state index in [2.05, 4.69) is 15.2 Å². The van der Waals surface area contributed by atoms with E-state index in [0.717, 1.165) is 35.6 Å². The monoisotopic (exact) mass is 409 g/mol. The van der Waals surface area contributed by atoms with Crippen molar-refractivity contribution in [1.82, 2.24) is 9.97 Å². The van der Waals surface area contributed by atoms with Crippen LogP contribution in [0.5, 0.6) is 0 Å². The molecule has 1 atom stereocenters. The van der Waals surface area contributed by atoms with Crippen LogP contribution >= 0.6 is 0 Å². The fourth-order valence-corrected chi connectivity index (χ4v) is 4.38. The van der Waals surface area contributed by atoms with Crippen molar-refractivity contribution in [2.24, 2.45) is 5.92 Å². The predicted molar refractivity (Wildman–Crippen MR) is 116 cm³/mol. The standard InChI is InChI=1S/C22H27N5O3/c1-13-10-15(21(29)30)8-9-17(13)24-22-23-11-18-19(25-22)27(16-6-4-5-7-16)12-14(2)20(28)26(18)3/h8-11,14,16H,4-7,12H2,1-3H3,(H,29,30)(H,23,24,25). The molecule has 1 aromatic heterocycles. The van der Waals surface area contributed by atoms with Crippen LogP contribution in [0.15, 0.2) is 24.4 Å². The Hall–Kier alpha value is -3.16. The summed E-state index contributed by atoms with van der Waals surface area (Å²) < 4.78 is 0. The van der Waals surface area contributed by atoms with Crippen LogP contribution in [-0.2, 0) is 4.79 Å². The molecular weight excluding hydrogens is 382 g/mol. The Morgan fingerprint density at radius 1 is 1.27 bits per heavy atom. The van der Waals surface area contributed by atoms with Crippen molar-refractivity contribution in [3.05, 3.63) is 35.5 Å². The highest BCUT2D eigenvalue weighted by molar-refractivity contribution is 5.98. The van der Waals surface area contributed by atoms with Crippen LogP contribution in [0.25, 0.3) is 0 Å². The zero-order valence-electron chi connectivity index (χ0n) is 17.6. The van der Waals surface area contributed by atoms with Gasteiger partial charge in [-0.2, -0.15) is 4.98 Å². The lowest BCUT2D eigenvalue weighted by molar-refractivity contribution is -0.121. The smallest absolute Gasteiger partial charge is 0.335 e. The first-order valence-corrected chi connectivity index (χ1v) is 10.4. The van der Waals surface area contributed by atoms with Gasteiger partial charge in [0.05, 0.1) is 17.7 Å². The molecule has 1 aliphatic carbocycles. The second-order valence-electron chi connectivity index (χ2n) is 8.25. The van der Waals surface area contributed by atoms with Gasteiger partial charge in [0, 0.05) is 25.3 Å². The fourth-order valence-electron chi connectivity index (χ4n) is 4.38. The number of aromatic nitrogens is 2. The summed E-state index contributed by atoms with van der Waals surface area (Å²) >= 11 is 0. The molecule has 1 saturated carbocycles. The first-order valence-electron chi connectivity index (χ1n) is 10.4. The third-order valence-corrected chi connectivity index (χ3v) is 6.09. The molecule has 30 heavy (non-hydrogen) atoms. The molecule has 2 N–H and O–H groups in total. The van der Waals surface area contributed by atoms with Crippen molar-refractivity contribution in [3.63, 3.8) is 0 Å². The highest BCUT2D eigenvalue weighted by Crippen LogP contribution is 2.37. The highest BCUT2D eigenvalue weighted by atomic mass is 16.4. The SMILES string of the molecule is Cc1cc(C(=O)O)ccc1Nc1ncc2c(n1)N(C1CCCC1)CC(C)C(=O)N2C. The summed E-state index contributed by atoms with van der Waals surface area (Å²) in [7, 11) is 1.78. The number of aryl methyl sites for hydroxylation is 1. The summed E-state index contributed by atoms with van der Waals surface area (Å²) in [6.45, 7) is 4.45. The number of amides is 1. The summed E-state index contributed by atoms with van der Waals surface area (Å²) in [6, 6.07) is 5.28. The number of fused-ring (bicyclic) bond motifs is 1. The van der Waals surface area contributed by atoms with Crippen molar-refractivity contribution in [2.45, 2.75) is 45.6 Å². The largest absolute Gasteiger partial charge is 0.478 e. The number of carboxylic acid groups (broad SMARTS) is 1. The number of carbonyl (C=O) groups excluding carboxylic acids is 1. The third-order valence-electron chi connectivity index (χ3n) is 6.09. The van der Waals surface area contributed by atoms with Crippen molar-refractivity contribution in [3.8, 4) is 0 Å². The molecule has 2 heterocycles. The third kappa shape index (κ3) is 3.69. The van der Waals surface area contributed by atoms with E-state index >= 15 is 0 Å². The van der Waals surface area contributed by atoms with Gasteiger partial charge in [0.15, 0.2) is 5.82 Å². The number of benzene rings is 1. The Morgan fingerprint density at radius 2 is 2.00 bits per heavy atom. The molecule has 4 rings (SSSR count). The van der Waals surface area contributed by atoms with Gasteiger partial charge in [0.1, 0.15) is 5.69 Å². The number of nitrogens with one attached hydrogen (secondary N) is 1. The van der Waals surface area contributed by atoms with Crippen molar-refractivity contribution in [2.75, 3.05) is 28.7 Å². The fraction of sp³-hybridized carbons (Fsp3) is 0.455. The number of hydrogen-bond donors (Lipinski definition) is 2. The number of nitrogens with zero attached hydrogens (tertiary/aromatic N) is 4. The van der Waals surface area contributed by atoms with Crippen LogP contribution < -0.4 is 15.1 Å². The van der Waals surface area contributed by atoms with Gasteiger partial charge >= 0.3 is 5.97 Å². The van der Waals surface area contributed by atoms with E-state index in [1.165, 1.54) is 12.8 Å². The van der Waals surface area contributed by atoms with E-state index in [-0.39, 0.29) is 17.4 Å². The molecule has 0 radical (unpaired) electrons. The predicted octanol–water partition coefficient (Wildman–Crippen LogP) is 3.59. The Kier molecular flexibility index (Phi) is 5.32. The lowest BCUT2D eigenvalue weighted by Crippen LogP contribution is -2.38. The molecule has 158 valence electrons. The normalized spacial score (nSPS) is 19.6. The highest BCUT2D eigenvalue weighted by Gasteiger charge is 2.35.